The Bertz CT molecular complexity index is 912. The van der Waals surface area contributed by atoms with Crippen LogP contribution in [0, 0.1) is 5.92 Å². The summed E-state index contributed by atoms with van der Waals surface area (Å²) in [6.07, 6.45) is 2.69. The second-order valence-electron chi connectivity index (χ2n) is 6.97. The van der Waals surface area contributed by atoms with Gasteiger partial charge in [0.2, 0.25) is 5.76 Å². The van der Waals surface area contributed by atoms with Crippen molar-refractivity contribution >= 4 is 5.91 Å². The zero-order valence-corrected chi connectivity index (χ0v) is 14.9. The summed E-state index contributed by atoms with van der Waals surface area (Å²) in [4.78, 5) is 12.4. The molecule has 1 aliphatic carbocycles. The Morgan fingerprint density at radius 3 is 2.89 bits per heavy atom. The van der Waals surface area contributed by atoms with E-state index in [4.69, 9.17) is 4.52 Å². The van der Waals surface area contributed by atoms with Crippen molar-refractivity contribution in [2.45, 2.75) is 38.5 Å². The van der Waals surface area contributed by atoms with Gasteiger partial charge in [-0.25, -0.2) is 4.68 Å². The van der Waals surface area contributed by atoms with Crippen LogP contribution in [0.3, 0.4) is 0 Å². The van der Waals surface area contributed by atoms with Crippen LogP contribution in [0.5, 0.6) is 0 Å². The van der Waals surface area contributed by atoms with Crippen LogP contribution in [-0.4, -0.2) is 37.2 Å². The average molecular weight is 367 g/mol. The van der Waals surface area contributed by atoms with Crippen molar-refractivity contribution in [2.24, 2.45) is 5.92 Å². The zero-order valence-electron chi connectivity index (χ0n) is 14.9. The van der Waals surface area contributed by atoms with Crippen molar-refractivity contribution in [3.8, 4) is 11.3 Å². The normalized spacial score (nSPS) is 20.1. The third-order valence-corrected chi connectivity index (χ3v) is 4.88. The minimum absolute atomic E-state index is 0.103. The summed E-state index contributed by atoms with van der Waals surface area (Å²) >= 11 is 0. The van der Waals surface area contributed by atoms with Gasteiger partial charge in [0.1, 0.15) is 5.69 Å². The molecule has 1 aliphatic rings. The van der Waals surface area contributed by atoms with Gasteiger partial charge in [-0.15, -0.1) is 5.10 Å². The van der Waals surface area contributed by atoms with Gasteiger partial charge < -0.3 is 14.9 Å². The number of aromatic nitrogens is 4. The highest BCUT2D eigenvalue weighted by atomic mass is 16.5. The Balaban J connectivity index is 1.29. The summed E-state index contributed by atoms with van der Waals surface area (Å²) in [5.74, 6) is 0.354. The lowest BCUT2D eigenvalue weighted by Crippen LogP contribution is -2.45. The van der Waals surface area contributed by atoms with E-state index >= 15 is 0 Å². The second kappa shape index (κ2) is 7.32. The van der Waals surface area contributed by atoms with Crippen LogP contribution in [-0.2, 0) is 6.54 Å². The number of carbonyl (C=O) groups excluding carboxylic acids is 1. The summed E-state index contributed by atoms with van der Waals surface area (Å²) in [6.45, 7) is 2.38. The third kappa shape index (κ3) is 3.75. The predicted molar refractivity (Wildman–Crippen MR) is 96.6 cm³/mol. The Hall–Kier alpha value is -3.00. The van der Waals surface area contributed by atoms with E-state index in [0.717, 1.165) is 18.4 Å². The summed E-state index contributed by atoms with van der Waals surface area (Å²) < 4.78 is 6.92. The molecule has 1 amide bonds. The molecule has 1 saturated carbocycles. The van der Waals surface area contributed by atoms with Crippen LogP contribution >= 0.6 is 0 Å². The molecule has 0 aliphatic heterocycles. The van der Waals surface area contributed by atoms with Gasteiger partial charge in [-0.1, -0.05) is 40.7 Å². The first-order valence-electron chi connectivity index (χ1n) is 8.99. The van der Waals surface area contributed by atoms with E-state index in [9.17, 15) is 9.90 Å². The van der Waals surface area contributed by atoms with Crippen LogP contribution in [0.4, 0.5) is 0 Å². The number of hydrogen-bond donors (Lipinski definition) is 2. The lowest BCUT2D eigenvalue weighted by atomic mass is 9.80. The molecule has 0 unspecified atom stereocenters. The molecule has 0 saturated heterocycles. The number of carbonyl (C=O) groups is 1. The van der Waals surface area contributed by atoms with E-state index in [0.29, 0.717) is 23.9 Å². The maximum atomic E-state index is 12.4. The molecule has 27 heavy (non-hydrogen) atoms. The zero-order chi connectivity index (χ0) is 18.8. The van der Waals surface area contributed by atoms with E-state index in [1.54, 1.807) is 23.9 Å². The molecule has 3 aromatic rings. The molecule has 0 spiro atoms. The molecule has 0 radical (unpaired) electrons. The highest BCUT2D eigenvalue weighted by Crippen LogP contribution is 2.30. The fraction of sp³-hybridized carbons (Fsp3) is 0.368. The van der Waals surface area contributed by atoms with Gasteiger partial charge in [0.05, 0.1) is 18.0 Å². The molecule has 0 bridgehead atoms. The minimum Gasteiger partial charge on any atom is -0.387 e. The van der Waals surface area contributed by atoms with Gasteiger partial charge in [-0.05, 0) is 25.7 Å². The largest absolute Gasteiger partial charge is 0.387 e. The standard InChI is InChI=1S/C19H21N5O3/c1-12(25)17-10-20-23-24(17)11-13-7-15(8-13)21-19(26)18-9-16(22-27-18)14-5-3-2-4-6-14/h2-6,9-10,12-13,15,25H,7-8,11H2,1H3,(H,21,26)/t12-,13-,15+/m0/s1. The van der Waals surface area contributed by atoms with Crippen LogP contribution in [0.15, 0.2) is 47.1 Å². The van der Waals surface area contributed by atoms with Crippen molar-refractivity contribution in [3.05, 3.63) is 54.0 Å². The van der Waals surface area contributed by atoms with Gasteiger partial charge in [0.15, 0.2) is 0 Å². The summed E-state index contributed by atoms with van der Waals surface area (Å²) in [5, 5.41) is 24.5. The van der Waals surface area contributed by atoms with Crippen molar-refractivity contribution < 1.29 is 14.4 Å². The maximum absolute atomic E-state index is 12.4. The van der Waals surface area contributed by atoms with Crippen LogP contribution in [0.2, 0.25) is 0 Å². The van der Waals surface area contributed by atoms with E-state index < -0.39 is 6.10 Å². The first-order chi connectivity index (χ1) is 13.1. The van der Waals surface area contributed by atoms with Gasteiger partial charge in [0, 0.05) is 24.2 Å². The van der Waals surface area contributed by atoms with Crippen LogP contribution < -0.4 is 5.32 Å². The molecule has 1 aromatic carbocycles. The van der Waals surface area contributed by atoms with Gasteiger partial charge in [0.25, 0.3) is 5.91 Å². The smallest absolute Gasteiger partial charge is 0.290 e. The quantitative estimate of drug-likeness (QED) is 0.692. The molecular weight excluding hydrogens is 346 g/mol. The Morgan fingerprint density at radius 2 is 2.15 bits per heavy atom. The Morgan fingerprint density at radius 1 is 1.37 bits per heavy atom. The van der Waals surface area contributed by atoms with Crippen LogP contribution in [0.25, 0.3) is 11.3 Å². The average Bonchev–Trinajstić information content (AvgIpc) is 3.30. The van der Waals surface area contributed by atoms with E-state index in [1.807, 2.05) is 30.3 Å². The first-order valence-corrected chi connectivity index (χ1v) is 8.99. The number of benzene rings is 1. The molecule has 4 rings (SSSR count). The fourth-order valence-electron chi connectivity index (χ4n) is 3.36. The molecule has 8 nitrogen and oxygen atoms in total. The Labute approximate surface area is 156 Å². The van der Waals surface area contributed by atoms with Gasteiger partial charge >= 0.3 is 0 Å². The summed E-state index contributed by atoms with van der Waals surface area (Å²) in [6, 6.07) is 11.3. The highest BCUT2D eigenvalue weighted by Gasteiger charge is 2.32. The van der Waals surface area contributed by atoms with Crippen molar-refractivity contribution in [1.29, 1.82) is 0 Å². The number of aliphatic hydroxyl groups is 1. The van der Waals surface area contributed by atoms with E-state index in [2.05, 4.69) is 20.8 Å². The fourth-order valence-corrected chi connectivity index (χ4v) is 3.36. The summed E-state index contributed by atoms with van der Waals surface area (Å²) in [5.41, 5.74) is 2.26. The number of nitrogens with zero attached hydrogens (tertiary/aromatic N) is 4. The molecule has 8 heteroatoms. The topological polar surface area (TPSA) is 106 Å². The Kier molecular flexibility index (Phi) is 4.72. The summed E-state index contributed by atoms with van der Waals surface area (Å²) in [7, 11) is 0. The third-order valence-electron chi connectivity index (χ3n) is 4.88. The number of aliphatic hydroxyl groups excluding tert-OH is 1. The van der Waals surface area contributed by atoms with E-state index in [-0.39, 0.29) is 17.7 Å². The first kappa shape index (κ1) is 17.4. The molecule has 1 fully saturated rings. The molecule has 2 heterocycles. The maximum Gasteiger partial charge on any atom is 0.290 e. The SMILES string of the molecule is C[C@H](O)c1cnnn1C[C@H]1C[C@@H](NC(=O)c2cc(-c3ccccc3)no2)C1. The van der Waals surface area contributed by atoms with Gasteiger partial charge in [-0.3, -0.25) is 4.79 Å². The lowest BCUT2D eigenvalue weighted by Gasteiger charge is -2.35. The number of amides is 1. The van der Waals surface area contributed by atoms with Crippen LogP contribution in [0.1, 0.15) is 42.1 Å². The minimum atomic E-state index is -0.596. The number of rotatable bonds is 6. The van der Waals surface area contributed by atoms with Crippen molar-refractivity contribution in [3.63, 3.8) is 0 Å². The second-order valence-corrected chi connectivity index (χ2v) is 6.97. The molecular formula is C19H21N5O3. The molecule has 1 atom stereocenters. The van der Waals surface area contributed by atoms with Crippen molar-refractivity contribution in [2.75, 3.05) is 0 Å². The monoisotopic (exact) mass is 367 g/mol. The number of nitrogens with one attached hydrogen (secondary N) is 1. The van der Waals surface area contributed by atoms with Crippen molar-refractivity contribution in [1.82, 2.24) is 25.5 Å². The predicted octanol–water partition coefficient (Wildman–Crippen LogP) is 2.20. The number of hydrogen-bond acceptors (Lipinski definition) is 6. The highest BCUT2D eigenvalue weighted by molar-refractivity contribution is 5.92. The molecule has 2 aromatic heterocycles. The lowest BCUT2D eigenvalue weighted by molar-refractivity contribution is 0.0839. The van der Waals surface area contributed by atoms with Gasteiger partial charge in [-0.2, -0.15) is 0 Å². The molecule has 140 valence electrons. The molecule has 2 N–H and O–H groups in total. The van der Waals surface area contributed by atoms with E-state index in [1.165, 1.54) is 0 Å².